The van der Waals surface area contributed by atoms with Gasteiger partial charge in [-0.3, -0.25) is 0 Å². The van der Waals surface area contributed by atoms with E-state index in [9.17, 15) is 4.39 Å². The molecule has 1 aliphatic carbocycles. The third-order valence-electron chi connectivity index (χ3n) is 2.96. The minimum atomic E-state index is -0.760. The van der Waals surface area contributed by atoms with Crippen LogP contribution in [0.25, 0.3) is 0 Å². The predicted octanol–water partition coefficient (Wildman–Crippen LogP) is 2.41. The van der Waals surface area contributed by atoms with E-state index >= 15 is 0 Å². The molecule has 4 atom stereocenters. The largest absolute Gasteiger partial charge is 0.378 e. The van der Waals surface area contributed by atoms with Crippen LogP contribution in [0, 0.1) is 11.8 Å². The van der Waals surface area contributed by atoms with Crippen molar-refractivity contribution in [2.45, 2.75) is 39.0 Å². The molecule has 11 heavy (non-hydrogen) atoms. The Hall–Kier alpha value is -0.110. The summed E-state index contributed by atoms with van der Waals surface area (Å²) in [5, 5.41) is 0. The van der Waals surface area contributed by atoms with Gasteiger partial charge >= 0.3 is 0 Å². The van der Waals surface area contributed by atoms with Crippen LogP contribution in [-0.4, -0.2) is 19.4 Å². The van der Waals surface area contributed by atoms with Crippen molar-refractivity contribution in [3.63, 3.8) is 0 Å². The summed E-state index contributed by atoms with van der Waals surface area (Å²) in [7, 11) is 1.60. The summed E-state index contributed by atoms with van der Waals surface area (Å²) in [5.41, 5.74) is 0. The molecule has 2 heteroatoms. The van der Waals surface area contributed by atoms with Gasteiger partial charge in [0.05, 0.1) is 6.10 Å². The number of hydrogen-bond donors (Lipinski definition) is 0. The quantitative estimate of drug-likeness (QED) is 0.572. The first kappa shape index (κ1) is 8.98. The number of rotatable bonds is 1. The van der Waals surface area contributed by atoms with Crippen molar-refractivity contribution >= 4 is 0 Å². The highest BCUT2D eigenvalue weighted by molar-refractivity contribution is 4.84. The van der Waals surface area contributed by atoms with Gasteiger partial charge in [0.2, 0.25) is 0 Å². The third kappa shape index (κ3) is 1.73. The van der Waals surface area contributed by atoms with Crippen molar-refractivity contribution in [1.82, 2.24) is 0 Å². The molecule has 1 saturated carbocycles. The second-order valence-corrected chi connectivity index (χ2v) is 3.63. The van der Waals surface area contributed by atoms with Gasteiger partial charge in [0.15, 0.2) is 0 Å². The summed E-state index contributed by atoms with van der Waals surface area (Å²) >= 11 is 0. The Morgan fingerprint density at radius 3 is 2.45 bits per heavy atom. The Bertz CT molecular complexity index is 125. The highest BCUT2D eigenvalue weighted by atomic mass is 19.1. The number of ether oxygens (including phenoxy) is 1. The number of halogens is 1. The number of hydrogen-bond acceptors (Lipinski definition) is 1. The Morgan fingerprint density at radius 2 is 1.91 bits per heavy atom. The maximum atomic E-state index is 13.4. The van der Waals surface area contributed by atoms with E-state index in [4.69, 9.17) is 4.74 Å². The van der Waals surface area contributed by atoms with Crippen LogP contribution in [0.15, 0.2) is 0 Å². The van der Waals surface area contributed by atoms with Gasteiger partial charge in [-0.05, 0) is 24.7 Å². The Morgan fingerprint density at radius 1 is 1.27 bits per heavy atom. The van der Waals surface area contributed by atoms with E-state index in [1.54, 1.807) is 7.11 Å². The molecule has 0 heterocycles. The number of methoxy groups -OCH3 is 1. The molecule has 0 aromatic rings. The van der Waals surface area contributed by atoms with E-state index in [0.29, 0.717) is 5.92 Å². The lowest BCUT2D eigenvalue weighted by molar-refractivity contribution is -0.0360. The molecule has 0 radical (unpaired) electrons. The zero-order chi connectivity index (χ0) is 8.43. The summed E-state index contributed by atoms with van der Waals surface area (Å²) in [6.45, 7) is 4.09. The first-order chi connectivity index (χ1) is 5.16. The van der Waals surface area contributed by atoms with E-state index < -0.39 is 6.17 Å². The summed E-state index contributed by atoms with van der Waals surface area (Å²) in [6.07, 6.45) is 1.06. The molecule has 0 aliphatic heterocycles. The Labute approximate surface area is 67.9 Å². The molecule has 1 aliphatic rings. The van der Waals surface area contributed by atoms with E-state index in [2.05, 4.69) is 6.92 Å². The molecule has 0 spiro atoms. The average Bonchev–Trinajstić information content (AvgIpc) is 2.01. The monoisotopic (exact) mass is 160 g/mol. The fourth-order valence-electron chi connectivity index (χ4n) is 1.75. The summed E-state index contributed by atoms with van der Waals surface area (Å²) in [5.74, 6) is 0.671. The van der Waals surface area contributed by atoms with Gasteiger partial charge in [0, 0.05) is 7.11 Å². The van der Waals surface area contributed by atoms with E-state index in [1.165, 1.54) is 0 Å². The van der Waals surface area contributed by atoms with Crippen molar-refractivity contribution in [3.8, 4) is 0 Å². The van der Waals surface area contributed by atoms with Crippen LogP contribution in [-0.2, 0) is 4.74 Å². The second-order valence-electron chi connectivity index (χ2n) is 3.63. The fraction of sp³-hybridized carbons (Fsp3) is 1.00. The van der Waals surface area contributed by atoms with E-state index in [0.717, 1.165) is 12.8 Å². The van der Waals surface area contributed by atoms with Gasteiger partial charge in [-0.25, -0.2) is 4.39 Å². The van der Waals surface area contributed by atoms with Gasteiger partial charge in [-0.15, -0.1) is 0 Å². The smallest absolute Gasteiger partial charge is 0.129 e. The molecule has 0 amide bonds. The highest BCUT2D eigenvalue weighted by Crippen LogP contribution is 2.32. The first-order valence-electron chi connectivity index (χ1n) is 4.33. The maximum absolute atomic E-state index is 13.4. The SMILES string of the molecule is CO[C@@H]1CC[C@H](C)[C@H](C)[C@@H]1F. The lowest BCUT2D eigenvalue weighted by atomic mass is 9.79. The lowest BCUT2D eigenvalue weighted by Crippen LogP contribution is -2.38. The van der Waals surface area contributed by atoms with Crippen LogP contribution in [0.5, 0.6) is 0 Å². The molecule has 1 nitrogen and oxygen atoms in total. The molecule has 0 unspecified atom stereocenters. The van der Waals surface area contributed by atoms with E-state index in [1.807, 2.05) is 6.92 Å². The van der Waals surface area contributed by atoms with Crippen molar-refractivity contribution in [3.05, 3.63) is 0 Å². The molecular formula is C9H17FO. The predicted molar refractivity (Wildman–Crippen MR) is 43.3 cm³/mol. The van der Waals surface area contributed by atoms with Crippen LogP contribution in [0.2, 0.25) is 0 Å². The van der Waals surface area contributed by atoms with Gasteiger partial charge in [0.25, 0.3) is 0 Å². The number of alkyl halides is 1. The van der Waals surface area contributed by atoms with Crippen molar-refractivity contribution < 1.29 is 9.13 Å². The highest BCUT2D eigenvalue weighted by Gasteiger charge is 2.34. The minimum absolute atomic E-state index is 0.152. The zero-order valence-electron chi connectivity index (χ0n) is 7.51. The van der Waals surface area contributed by atoms with Crippen molar-refractivity contribution in [2.75, 3.05) is 7.11 Å². The van der Waals surface area contributed by atoms with Crippen molar-refractivity contribution in [1.29, 1.82) is 0 Å². The van der Waals surface area contributed by atoms with Crippen LogP contribution < -0.4 is 0 Å². The molecule has 0 bridgehead atoms. The van der Waals surface area contributed by atoms with Gasteiger partial charge in [0.1, 0.15) is 6.17 Å². The van der Waals surface area contributed by atoms with Crippen LogP contribution in [0.4, 0.5) is 4.39 Å². The molecular weight excluding hydrogens is 143 g/mol. The van der Waals surface area contributed by atoms with E-state index in [-0.39, 0.29) is 12.0 Å². The Balaban J connectivity index is 2.52. The minimum Gasteiger partial charge on any atom is -0.378 e. The molecule has 1 fully saturated rings. The summed E-state index contributed by atoms with van der Waals surface area (Å²) < 4.78 is 18.4. The van der Waals surface area contributed by atoms with Crippen LogP contribution in [0.3, 0.4) is 0 Å². The fourth-order valence-corrected chi connectivity index (χ4v) is 1.75. The topological polar surface area (TPSA) is 9.23 Å². The second kappa shape index (κ2) is 3.53. The van der Waals surface area contributed by atoms with Gasteiger partial charge < -0.3 is 4.74 Å². The lowest BCUT2D eigenvalue weighted by Gasteiger charge is -2.34. The summed E-state index contributed by atoms with van der Waals surface area (Å²) in [4.78, 5) is 0. The molecule has 0 saturated heterocycles. The Kier molecular flexibility index (Phi) is 2.88. The zero-order valence-corrected chi connectivity index (χ0v) is 7.51. The normalized spacial score (nSPS) is 45.8. The summed E-state index contributed by atoms with van der Waals surface area (Å²) in [6, 6.07) is 0. The van der Waals surface area contributed by atoms with Crippen LogP contribution >= 0.6 is 0 Å². The molecule has 0 N–H and O–H groups in total. The first-order valence-corrected chi connectivity index (χ1v) is 4.33. The van der Waals surface area contributed by atoms with Crippen LogP contribution in [0.1, 0.15) is 26.7 Å². The van der Waals surface area contributed by atoms with Gasteiger partial charge in [-0.1, -0.05) is 13.8 Å². The average molecular weight is 160 g/mol. The standard InChI is InChI=1S/C9H17FO/c1-6-4-5-8(11-3)9(10)7(6)2/h6-9H,4-5H2,1-3H3/t6-,7-,8+,9-/m0/s1. The third-order valence-corrected chi connectivity index (χ3v) is 2.96. The molecule has 0 aromatic carbocycles. The van der Waals surface area contributed by atoms with Crippen molar-refractivity contribution in [2.24, 2.45) is 11.8 Å². The molecule has 0 aromatic heterocycles. The molecule has 1 rings (SSSR count). The maximum Gasteiger partial charge on any atom is 0.129 e. The molecule has 66 valence electrons. The van der Waals surface area contributed by atoms with Gasteiger partial charge in [-0.2, -0.15) is 0 Å².